The minimum atomic E-state index is 0. The Hall–Kier alpha value is -1.31. The van der Waals surface area contributed by atoms with Crippen LogP contribution in [0.3, 0.4) is 0 Å². The second kappa shape index (κ2) is 8.80. The number of nitrogens with one attached hydrogen (secondary N) is 1. The molecule has 2 fully saturated rings. The highest BCUT2D eigenvalue weighted by atomic mass is 127. The Kier molecular flexibility index (Phi) is 6.65. The Morgan fingerprint density at radius 3 is 2.74 bits per heavy atom. The number of likely N-dealkylation sites (tertiary alicyclic amines) is 1. The summed E-state index contributed by atoms with van der Waals surface area (Å²) in [5.74, 6) is 1.01. The second-order valence-corrected chi connectivity index (χ2v) is 7.97. The van der Waals surface area contributed by atoms with E-state index in [4.69, 9.17) is 4.99 Å². The van der Waals surface area contributed by atoms with Crippen molar-refractivity contribution in [2.75, 3.05) is 37.6 Å². The van der Waals surface area contributed by atoms with Crippen LogP contribution in [-0.2, 0) is 11.2 Å². The van der Waals surface area contributed by atoms with E-state index < -0.39 is 0 Å². The van der Waals surface area contributed by atoms with Crippen molar-refractivity contribution >= 4 is 41.5 Å². The van der Waals surface area contributed by atoms with E-state index in [0.717, 1.165) is 44.2 Å². The first kappa shape index (κ1) is 20.4. The number of rotatable bonds is 3. The number of amides is 1. The van der Waals surface area contributed by atoms with Crippen LogP contribution < -0.4 is 10.2 Å². The topological polar surface area (TPSA) is 47.9 Å². The maximum atomic E-state index is 12.8. The molecule has 1 amide bonds. The van der Waals surface area contributed by atoms with Crippen molar-refractivity contribution in [2.45, 2.75) is 45.4 Å². The number of nitrogens with zero attached hydrogens (tertiary/aromatic N) is 3. The number of fused-ring (bicyclic) bond motifs is 1. The Labute approximate surface area is 179 Å². The van der Waals surface area contributed by atoms with Gasteiger partial charge in [-0.1, -0.05) is 31.0 Å². The first-order chi connectivity index (χ1) is 12.7. The summed E-state index contributed by atoms with van der Waals surface area (Å²) in [6.07, 6.45) is 7.66. The number of carbonyl (C=O) groups is 1. The molecule has 1 saturated carbocycles. The lowest BCUT2D eigenvalue weighted by Crippen LogP contribution is -2.42. The number of hydrogen-bond acceptors (Lipinski definition) is 2. The molecular weight excluding hydrogens is 451 g/mol. The molecule has 0 aromatic heterocycles. The lowest BCUT2D eigenvalue weighted by Gasteiger charge is -2.26. The van der Waals surface area contributed by atoms with Gasteiger partial charge in [-0.2, -0.15) is 0 Å². The van der Waals surface area contributed by atoms with Crippen LogP contribution in [0.5, 0.6) is 0 Å². The molecule has 2 heterocycles. The number of hydrogen-bond donors (Lipinski definition) is 1. The van der Waals surface area contributed by atoms with Gasteiger partial charge in [-0.25, -0.2) is 4.99 Å². The zero-order valence-electron chi connectivity index (χ0n) is 16.2. The molecule has 1 aliphatic carbocycles. The second-order valence-electron chi connectivity index (χ2n) is 7.97. The van der Waals surface area contributed by atoms with Crippen LogP contribution in [0.15, 0.2) is 29.3 Å². The molecule has 1 saturated heterocycles. The molecule has 5 nitrogen and oxygen atoms in total. The molecule has 1 spiro atoms. The molecule has 3 aliphatic rings. The maximum Gasteiger partial charge on any atom is 0.248 e. The molecule has 6 heteroatoms. The number of carbonyl (C=O) groups excluding carboxylic acids is 1. The predicted molar refractivity (Wildman–Crippen MR) is 121 cm³/mol. The fourth-order valence-electron chi connectivity index (χ4n) is 4.90. The molecule has 1 aromatic carbocycles. The summed E-state index contributed by atoms with van der Waals surface area (Å²) >= 11 is 0. The zero-order valence-corrected chi connectivity index (χ0v) is 18.6. The smallest absolute Gasteiger partial charge is 0.248 e. The zero-order chi connectivity index (χ0) is 18.0. The highest BCUT2D eigenvalue weighted by Gasteiger charge is 2.41. The summed E-state index contributed by atoms with van der Waals surface area (Å²) in [6.45, 7) is 6.09. The number of anilines is 1. The predicted octanol–water partition coefficient (Wildman–Crippen LogP) is 3.43. The molecule has 1 N–H and O–H groups in total. The van der Waals surface area contributed by atoms with Crippen molar-refractivity contribution in [3.8, 4) is 0 Å². The molecule has 1 aromatic rings. The SMILES string of the molecule is CCNC(=NCC(=O)N1CCc2ccccc21)N1CCC2(CCCC2)C1.I. The van der Waals surface area contributed by atoms with Crippen molar-refractivity contribution < 1.29 is 4.79 Å². The van der Waals surface area contributed by atoms with Gasteiger partial charge in [0, 0.05) is 31.9 Å². The van der Waals surface area contributed by atoms with E-state index in [1.54, 1.807) is 0 Å². The lowest BCUT2D eigenvalue weighted by molar-refractivity contribution is -0.117. The average Bonchev–Trinajstić information content (AvgIpc) is 3.39. The Morgan fingerprint density at radius 1 is 1.19 bits per heavy atom. The molecule has 0 bridgehead atoms. The number of guanidine groups is 1. The van der Waals surface area contributed by atoms with E-state index in [0.29, 0.717) is 5.41 Å². The summed E-state index contributed by atoms with van der Waals surface area (Å²) < 4.78 is 0. The molecule has 0 unspecified atom stereocenters. The largest absolute Gasteiger partial charge is 0.357 e. The average molecular weight is 482 g/mol. The van der Waals surface area contributed by atoms with Crippen molar-refractivity contribution in [2.24, 2.45) is 10.4 Å². The Morgan fingerprint density at radius 2 is 1.96 bits per heavy atom. The van der Waals surface area contributed by atoms with Crippen LogP contribution in [0.2, 0.25) is 0 Å². The summed E-state index contributed by atoms with van der Waals surface area (Å²) in [5.41, 5.74) is 2.83. The number of halogens is 1. The van der Waals surface area contributed by atoms with Gasteiger partial charge in [0.1, 0.15) is 6.54 Å². The Bertz CT molecular complexity index is 699. The quantitative estimate of drug-likeness (QED) is 0.408. The third-order valence-corrected chi connectivity index (χ3v) is 6.29. The van der Waals surface area contributed by atoms with Gasteiger partial charge >= 0.3 is 0 Å². The van der Waals surface area contributed by atoms with Crippen molar-refractivity contribution in [1.82, 2.24) is 10.2 Å². The van der Waals surface area contributed by atoms with E-state index in [2.05, 4.69) is 23.2 Å². The summed E-state index contributed by atoms with van der Waals surface area (Å²) in [7, 11) is 0. The molecule has 27 heavy (non-hydrogen) atoms. The van der Waals surface area contributed by atoms with Crippen molar-refractivity contribution in [1.29, 1.82) is 0 Å². The van der Waals surface area contributed by atoms with E-state index in [1.807, 2.05) is 23.1 Å². The highest BCUT2D eigenvalue weighted by molar-refractivity contribution is 14.0. The van der Waals surface area contributed by atoms with E-state index in [-0.39, 0.29) is 36.4 Å². The standard InChI is InChI=1S/C21H30N4O.HI/c1-2-22-20(24-14-12-21(16-24)10-5-6-11-21)23-15-19(26)25-13-9-17-7-3-4-8-18(17)25;/h3-4,7-8H,2,5-6,9-16H2,1H3,(H,22,23);1H. The van der Waals surface area contributed by atoms with Crippen molar-refractivity contribution in [3.05, 3.63) is 29.8 Å². The van der Waals surface area contributed by atoms with E-state index >= 15 is 0 Å². The molecular formula is C21H31IN4O. The molecule has 2 aliphatic heterocycles. The molecule has 148 valence electrons. The lowest BCUT2D eigenvalue weighted by atomic mass is 9.86. The van der Waals surface area contributed by atoms with Crippen LogP contribution in [0.1, 0.15) is 44.6 Å². The third-order valence-electron chi connectivity index (χ3n) is 6.29. The van der Waals surface area contributed by atoms with Crippen LogP contribution in [-0.4, -0.2) is 49.5 Å². The van der Waals surface area contributed by atoms with Crippen LogP contribution in [0, 0.1) is 5.41 Å². The highest BCUT2D eigenvalue weighted by Crippen LogP contribution is 2.45. The normalized spacial score (nSPS) is 20.7. The van der Waals surface area contributed by atoms with Gasteiger partial charge in [0.25, 0.3) is 0 Å². The van der Waals surface area contributed by atoms with Crippen LogP contribution >= 0.6 is 24.0 Å². The van der Waals surface area contributed by atoms with Gasteiger partial charge < -0.3 is 15.1 Å². The van der Waals surface area contributed by atoms with Gasteiger partial charge in [0.15, 0.2) is 5.96 Å². The summed E-state index contributed by atoms with van der Waals surface area (Å²) in [6, 6.07) is 8.20. The maximum absolute atomic E-state index is 12.8. The molecule has 0 radical (unpaired) electrons. The number of para-hydroxylation sites is 1. The van der Waals surface area contributed by atoms with E-state index in [9.17, 15) is 4.79 Å². The van der Waals surface area contributed by atoms with Crippen molar-refractivity contribution in [3.63, 3.8) is 0 Å². The van der Waals surface area contributed by atoms with Gasteiger partial charge in [-0.15, -0.1) is 24.0 Å². The first-order valence-electron chi connectivity index (χ1n) is 10.1. The summed E-state index contributed by atoms with van der Waals surface area (Å²) in [4.78, 5) is 21.7. The van der Waals surface area contributed by atoms with Gasteiger partial charge in [0.2, 0.25) is 5.91 Å². The minimum absolute atomic E-state index is 0. The van der Waals surface area contributed by atoms with Crippen LogP contribution in [0.25, 0.3) is 0 Å². The van der Waals surface area contributed by atoms with E-state index in [1.165, 1.54) is 37.7 Å². The Balaban J connectivity index is 0.00000210. The molecule has 4 rings (SSSR count). The fraction of sp³-hybridized carbons (Fsp3) is 0.619. The minimum Gasteiger partial charge on any atom is -0.357 e. The molecule has 0 atom stereocenters. The summed E-state index contributed by atoms with van der Waals surface area (Å²) in [5, 5.41) is 3.40. The first-order valence-corrected chi connectivity index (χ1v) is 10.1. The fourth-order valence-corrected chi connectivity index (χ4v) is 4.90. The van der Waals surface area contributed by atoms with Gasteiger partial charge in [-0.05, 0) is 49.7 Å². The number of aliphatic imine (C=N–C) groups is 1. The third kappa shape index (κ3) is 4.25. The van der Waals surface area contributed by atoms with Gasteiger partial charge in [-0.3, -0.25) is 4.79 Å². The van der Waals surface area contributed by atoms with Gasteiger partial charge in [0.05, 0.1) is 0 Å². The van der Waals surface area contributed by atoms with Crippen LogP contribution in [0.4, 0.5) is 5.69 Å². The monoisotopic (exact) mass is 482 g/mol. The number of benzene rings is 1.